The third kappa shape index (κ3) is 3.11. The molecular weight excluding hydrogens is 347 g/mol. The van der Waals surface area contributed by atoms with Crippen molar-refractivity contribution in [3.05, 3.63) is 23.8 Å². The number of anilines is 1. The van der Waals surface area contributed by atoms with E-state index in [1.807, 2.05) is 0 Å². The lowest BCUT2D eigenvalue weighted by Crippen LogP contribution is -2.50. The second-order valence-electron chi connectivity index (χ2n) is 6.86. The standard InChI is InChI=1S/C17H22F3N5O/c1-9(16(26)23(2)3)25-15-7-12(20)11(19)6-14(15)22-17(25)24-5-4-10(18)13(21)8-24/h6-7,9-10,13H,4-5,8,21H2,1-3H3/t9-,10+,13+/m0/s1. The minimum absolute atomic E-state index is 0.207. The zero-order chi connectivity index (χ0) is 19.2. The summed E-state index contributed by atoms with van der Waals surface area (Å²) in [6.07, 6.45) is -0.886. The number of imidazole rings is 1. The number of likely N-dealkylation sites (N-methyl/N-ethyl adjacent to an activating group) is 1. The molecule has 3 atom stereocenters. The molecule has 2 N–H and O–H groups in total. The molecule has 0 spiro atoms. The number of hydrogen-bond donors (Lipinski definition) is 1. The SMILES string of the molecule is C[C@@H](C(=O)N(C)C)n1c(N2CC[C@@H](F)[C@H](N)C2)nc2cc(F)c(F)cc21. The van der Waals surface area contributed by atoms with Crippen LogP contribution in [0.5, 0.6) is 0 Å². The van der Waals surface area contributed by atoms with Gasteiger partial charge in [0.2, 0.25) is 11.9 Å². The largest absolute Gasteiger partial charge is 0.347 e. The summed E-state index contributed by atoms with van der Waals surface area (Å²) in [5.74, 6) is -1.90. The number of alkyl halides is 1. The molecule has 2 heterocycles. The van der Waals surface area contributed by atoms with Crippen LogP contribution in [0.3, 0.4) is 0 Å². The van der Waals surface area contributed by atoms with Crippen molar-refractivity contribution in [2.24, 2.45) is 5.73 Å². The molecule has 1 saturated heterocycles. The maximum Gasteiger partial charge on any atom is 0.244 e. The van der Waals surface area contributed by atoms with Gasteiger partial charge in [0.15, 0.2) is 11.6 Å². The Balaban J connectivity index is 2.15. The van der Waals surface area contributed by atoms with Crippen LogP contribution in [0.25, 0.3) is 11.0 Å². The molecule has 0 saturated carbocycles. The molecule has 1 fully saturated rings. The average molecular weight is 369 g/mol. The number of carbonyl (C=O) groups excluding carboxylic acids is 1. The molecule has 1 aliphatic heterocycles. The average Bonchev–Trinajstić information content (AvgIpc) is 2.94. The van der Waals surface area contributed by atoms with Crippen molar-refractivity contribution >= 4 is 22.9 Å². The van der Waals surface area contributed by atoms with Crippen LogP contribution in [-0.4, -0.2) is 59.8 Å². The molecule has 142 valence electrons. The number of fused-ring (bicyclic) bond motifs is 1. The Morgan fingerprint density at radius 1 is 1.35 bits per heavy atom. The summed E-state index contributed by atoms with van der Waals surface area (Å²) < 4.78 is 42.8. The summed E-state index contributed by atoms with van der Waals surface area (Å²) in [6.45, 7) is 2.22. The molecule has 0 aliphatic carbocycles. The molecular formula is C17H22F3N5O. The van der Waals surface area contributed by atoms with Crippen molar-refractivity contribution in [2.75, 3.05) is 32.1 Å². The Morgan fingerprint density at radius 2 is 2.00 bits per heavy atom. The summed E-state index contributed by atoms with van der Waals surface area (Å²) in [5, 5.41) is 0. The molecule has 1 amide bonds. The number of nitrogens with zero attached hydrogens (tertiary/aromatic N) is 4. The summed E-state index contributed by atoms with van der Waals surface area (Å²) >= 11 is 0. The number of nitrogens with two attached hydrogens (primary N) is 1. The van der Waals surface area contributed by atoms with Crippen LogP contribution in [0.2, 0.25) is 0 Å². The van der Waals surface area contributed by atoms with E-state index >= 15 is 0 Å². The summed E-state index contributed by atoms with van der Waals surface area (Å²) in [4.78, 5) is 20.1. The number of aromatic nitrogens is 2. The van der Waals surface area contributed by atoms with Crippen molar-refractivity contribution in [1.82, 2.24) is 14.5 Å². The Morgan fingerprint density at radius 3 is 2.62 bits per heavy atom. The van der Waals surface area contributed by atoms with E-state index in [2.05, 4.69) is 4.98 Å². The Hall–Kier alpha value is -2.29. The van der Waals surface area contributed by atoms with Crippen molar-refractivity contribution in [3.63, 3.8) is 0 Å². The van der Waals surface area contributed by atoms with E-state index < -0.39 is 29.9 Å². The number of rotatable bonds is 3. The number of carbonyl (C=O) groups is 1. The lowest BCUT2D eigenvalue weighted by Gasteiger charge is -2.35. The van der Waals surface area contributed by atoms with Crippen LogP contribution in [0.4, 0.5) is 19.1 Å². The van der Waals surface area contributed by atoms with Gasteiger partial charge in [-0.1, -0.05) is 0 Å². The highest BCUT2D eigenvalue weighted by molar-refractivity contribution is 5.85. The lowest BCUT2D eigenvalue weighted by molar-refractivity contribution is -0.131. The van der Waals surface area contributed by atoms with Gasteiger partial charge in [0.05, 0.1) is 17.1 Å². The normalized spacial score (nSPS) is 21.9. The number of piperidine rings is 1. The van der Waals surface area contributed by atoms with E-state index in [4.69, 9.17) is 5.73 Å². The third-order valence-electron chi connectivity index (χ3n) is 4.75. The van der Waals surface area contributed by atoms with E-state index in [9.17, 15) is 18.0 Å². The van der Waals surface area contributed by atoms with Gasteiger partial charge in [-0.05, 0) is 13.3 Å². The first-order chi connectivity index (χ1) is 12.2. The molecule has 6 nitrogen and oxygen atoms in total. The van der Waals surface area contributed by atoms with E-state index in [0.29, 0.717) is 18.0 Å². The van der Waals surface area contributed by atoms with Gasteiger partial charge in [-0.3, -0.25) is 9.36 Å². The molecule has 26 heavy (non-hydrogen) atoms. The maximum absolute atomic E-state index is 13.8. The first-order valence-electron chi connectivity index (χ1n) is 8.43. The molecule has 2 aromatic rings. The van der Waals surface area contributed by atoms with Gasteiger partial charge in [-0.2, -0.15) is 0 Å². The molecule has 0 unspecified atom stereocenters. The van der Waals surface area contributed by atoms with Crippen molar-refractivity contribution < 1.29 is 18.0 Å². The number of amides is 1. The highest BCUT2D eigenvalue weighted by atomic mass is 19.2. The molecule has 0 bridgehead atoms. The molecule has 9 heteroatoms. The quantitative estimate of drug-likeness (QED) is 0.897. The number of halogens is 3. The fraction of sp³-hybridized carbons (Fsp3) is 0.529. The zero-order valence-corrected chi connectivity index (χ0v) is 14.9. The highest BCUT2D eigenvalue weighted by Gasteiger charge is 2.32. The van der Waals surface area contributed by atoms with E-state index in [0.717, 1.165) is 12.1 Å². The van der Waals surface area contributed by atoms with Crippen molar-refractivity contribution in [3.8, 4) is 0 Å². The molecule has 0 radical (unpaired) electrons. The van der Waals surface area contributed by atoms with Crippen LogP contribution in [0, 0.1) is 11.6 Å². The Bertz CT molecular complexity index is 837. The van der Waals surface area contributed by atoms with Crippen LogP contribution in [0.15, 0.2) is 12.1 Å². The van der Waals surface area contributed by atoms with Crippen molar-refractivity contribution in [1.29, 1.82) is 0 Å². The Labute approximate surface area is 149 Å². The fourth-order valence-electron chi connectivity index (χ4n) is 3.30. The molecule has 1 aromatic heterocycles. The van der Waals surface area contributed by atoms with Gasteiger partial charge in [0.1, 0.15) is 12.2 Å². The van der Waals surface area contributed by atoms with Gasteiger partial charge in [-0.25, -0.2) is 18.2 Å². The highest BCUT2D eigenvalue weighted by Crippen LogP contribution is 2.31. The first-order valence-corrected chi connectivity index (χ1v) is 8.43. The van der Waals surface area contributed by atoms with Gasteiger partial charge in [-0.15, -0.1) is 0 Å². The van der Waals surface area contributed by atoms with Gasteiger partial charge < -0.3 is 15.5 Å². The second-order valence-corrected chi connectivity index (χ2v) is 6.86. The number of benzene rings is 1. The minimum atomic E-state index is -1.11. The molecule has 1 aromatic carbocycles. The Kier molecular flexibility index (Phi) is 4.83. The fourth-order valence-corrected chi connectivity index (χ4v) is 3.30. The van der Waals surface area contributed by atoms with Gasteiger partial charge in [0, 0.05) is 39.3 Å². The van der Waals surface area contributed by atoms with E-state index in [1.54, 1.807) is 30.5 Å². The van der Waals surface area contributed by atoms with Gasteiger partial charge in [0.25, 0.3) is 0 Å². The predicted molar refractivity (Wildman–Crippen MR) is 92.8 cm³/mol. The summed E-state index contributed by atoms with van der Waals surface area (Å²) in [7, 11) is 3.23. The smallest absolute Gasteiger partial charge is 0.244 e. The third-order valence-corrected chi connectivity index (χ3v) is 4.75. The lowest BCUT2D eigenvalue weighted by atomic mass is 10.1. The van der Waals surface area contributed by atoms with Crippen LogP contribution in [-0.2, 0) is 4.79 Å². The van der Waals surface area contributed by atoms with Crippen LogP contribution < -0.4 is 10.6 Å². The monoisotopic (exact) mass is 369 g/mol. The van der Waals surface area contributed by atoms with E-state index in [-0.39, 0.29) is 24.4 Å². The first kappa shape index (κ1) is 18.5. The van der Waals surface area contributed by atoms with Crippen LogP contribution >= 0.6 is 0 Å². The maximum atomic E-state index is 13.8. The zero-order valence-electron chi connectivity index (χ0n) is 14.9. The van der Waals surface area contributed by atoms with Gasteiger partial charge >= 0.3 is 0 Å². The summed E-state index contributed by atoms with van der Waals surface area (Å²) in [6, 6.07) is 0.640. The predicted octanol–water partition coefficient (Wildman–Crippen LogP) is 1.84. The molecule has 1 aliphatic rings. The number of hydrogen-bond acceptors (Lipinski definition) is 4. The van der Waals surface area contributed by atoms with E-state index in [1.165, 1.54) is 4.90 Å². The summed E-state index contributed by atoms with van der Waals surface area (Å²) in [5.41, 5.74) is 6.37. The minimum Gasteiger partial charge on any atom is -0.347 e. The molecule has 3 rings (SSSR count). The topological polar surface area (TPSA) is 67.4 Å². The van der Waals surface area contributed by atoms with Crippen LogP contribution in [0.1, 0.15) is 19.4 Å². The van der Waals surface area contributed by atoms with Crippen molar-refractivity contribution in [2.45, 2.75) is 31.6 Å². The second kappa shape index (κ2) is 6.79.